The van der Waals surface area contributed by atoms with Gasteiger partial charge in [0.15, 0.2) is 17.2 Å². The number of halogens is 3. The van der Waals surface area contributed by atoms with Crippen LogP contribution in [-0.4, -0.2) is 23.4 Å². The summed E-state index contributed by atoms with van der Waals surface area (Å²) in [6.07, 6.45) is 1.49. The van der Waals surface area contributed by atoms with Crippen molar-refractivity contribution < 1.29 is 23.9 Å². The molecule has 0 atom stereocenters. The third-order valence-corrected chi connectivity index (χ3v) is 6.19. The first kappa shape index (κ1) is 25.9. The maximum absolute atomic E-state index is 12.5. The molecule has 8 nitrogen and oxygen atoms in total. The van der Waals surface area contributed by atoms with Crippen LogP contribution in [0.15, 0.2) is 65.3 Å². The zero-order chi connectivity index (χ0) is 25.8. The second kappa shape index (κ2) is 11.3. The lowest BCUT2D eigenvalue weighted by atomic mass is 10.1. The highest BCUT2D eigenvalue weighted by atomic mass is 127. The second-order valence-corrected chi connectivity index (χ2v) is 9.50. The largest absolute Gasteiger partial charge is 0.490 e. The Kier molecular flexibility index (Phi) is 8.12. The summed E-state index contributed by atoms with van der Waals surface area (Å²) in [5.41, 5.74) is 1.59. The minimum atomic E-state index is -0.701. The number of cyclic esters (lactones) is 1. The fourth-order valence-electron chi connectivity index (χ4n) is 3.33. The highest BCUT2D eigenvalue weighted by Gasteiger charge is 2.27. The van der Waals surface area contributed by atoms with Gasteiger partial charge in [0.05, 0.1) is 27.1 Å². The zero-order valence-electron chi connectivity index (χ0n) is 18.7. The van der Waals surface area contributed by atoms with E-state index in [2.05, 4.69) is 27.6 Å². The fraction of sp³-hybridized carbons (Fsp3) is 0.120. The second-order valence-electron chi connectivity index (χ2n) is 7.44. The molecule has 0 amide bonds. The van der Waals surface area contributed by atoms with Gasteiger partial charge in [0.25, 0.3) is 5.69 Å². The first-order chi connectivity index (χ1) is 17.2. The molecule has 1 aliphatic heterocycles. The van der Waals surface area contributed by atoms with Crippen molar-refractivity contribution in [3.8, 4) is 11.5 Å². The minimum Gasteiger partial charge on any atom is -0.490 e. The van der Waals surface area contributed by atoms with Gasteiger partial charge in [-0.1, -0.05) is 35.3 Å². The van der Waals surface area contributed by atoms with Gasteiger partial charge in [-0.2, -0.15) is 0 Å². The third-order valence-electron chi connectivity index (χ3n) is 4.92. The molecule has 1 heterocycles. The number of nitrogens with zero attached hydrogens (tertiary/aromatic N) is 2. The quantitative estimate of drug-likeness (QED) is 0.0882. The zero-order valence-corrected chi connectivity index (χ0v) is 22.3. The van der Waals surface area contributed by atoms with Crippen molar-refractivity contribution in [1.82, 2.24) is 0 Å². The molecule has 11 heteroatoms. The van der Waals surface area contributed by atoms with E-state index in [1.165, 1.54) is 18.2 Å². The molecule has 0 fully saturated rings. The summed E-state index contributed by atoms with van der Waals surface area (Å²) in [4.78, 5) is 27.0. The Labute approximate surface area is 229 Å². The lowest BCUT2D eigenvalue weighted by Crippen LogP contribution is -2.06. The Balaban J connectivity index is 1.62. The van der Waals surface area contributed by atoms with Crippen LogP contribution in [0.1, 0.15) is 23.6 Å². The molecule has 0 radical (unpaired) electrons. The van der Waals surface area contributed by atoms with Crippen molar-refractivity contribution in [2.24, 2.45) is 4.99 Å². The molecule has 0 unspecified atom stereocenters. The Bertz CT molecular complexity index is 1420. The monoisotopic (exact) mass is 638 g/mol. The summed E-state index contributed by atoms with van der Waals surface area (Å²) in [6, 6.07) is 15.0. The summed E-state index contributed by atoms with van der Waals surface area (Å²) in [7, 11) is 0. The normalized spacial score (nSPS) is 13.9. The molecule has 0 N–H and O–H groups in total. The van der Waals surface area contributed by atoms with Gasteiger partial charge in [-0.25, -0.2) is 9.79 Å². The predicted molar refractivity (Wildman–Crippen MR) is 145 cm³/mol. The van der Waals surface area contributed by atoms with Crippen LogP contribution < -0.4 is 9.47 Å². The summed E-state index contributed by atoms with van der Waals surface area (Å²) in [5, 5.41) is 11.3. The molecule has 0 bridgehead atoms. The number of nitro groups is 1. The van der Waals surface area contributed by atoms with E-state index in [4.69, 9.17) is 37.4 Å². The molecule has 1 aliphatic rings. The van der Waals surface area contributed by atoms with Crippen LogP contribution in [0.3, 0.4) is 0 Å². The van der Waals surface area contributed by atoms with Gasteiger partial charge in [-0.05, 0) is 77.0 Å². The van der Waals surface area contributed by atoms with E-state index in [0.717, 1.165) is 15.2 Å². The number of carbonyl (C=O) groups is 1. The van der Waals surface area contributed by atoms with Crippen molar-refractivity contribution in [2.75, 3.05) is 6.61 Å². The van der Waals surface area contributed by atoms with Gasteiger partial charge in [-0.15, -0.1) is 0 Å². The van der Waals surface area contributed by atoms with Crippen molar-refractivity contribution in [2.45, 2.75) is 13.5 Å². The van der Waals surface area contributed by atoms with Crippen LogP contribution in [0.25, 0.3) is 6.08 Å². The van der Waals surface area contributed by atoms with Crippen molar-refractivity contribution >= 4 is 69.4 Å². The molecule has 4 rings (SSSR count). The average Bonchev–Trinajstić information content (AvgIpc) is 3.18. The Morgan fingerprint density at radius 1 is 1.11 bits per heavy atom. The number of esters is 1. The van der Waals surface area contributed by atoms with E-state index in [-0.39, 0.29) is 27.9 Å². The first-order valence-electron chi connectivity index (χ1n) is 10.6. The number of non-ortho nitro benzene ring substituents is 1. The van der Waals surface area contributed by atoms with Crippen molar-refractivity contribution in [1.29, 1.82) is 0 Å². The highest BCUT2D eigenvalue weighted by molar-refractivity contribution is 14.1. The van der Waals surface area contributed by atoms with E-state index in [9.17, 15) is 14.9 Å². The number of hydrogen-bond acceptors (Lipinski definition) is 7. The molecule has 184 valence electrons. The van der Waals surface area contributed by atoms with Gasteiger partial charge in [0.1, 0.15) is 6.61 Å². The average molecular weight is 639 g/mol. The van der Waals surface area contributed by atoms with Crippen molar-refractivity contribution in [3.63, 3.8) is 0 Å². The lowest BCUT2D eigenvalue weighted by molar-refractivity contribution is -0.384. The number of carbonyl (C=O) groups excluding carboxylic acids is 1. The minimum absolute atomic E-state index is 0.00506. The molecule has 3 aromatic carbocycles. The van der Waals surface area contributed by atoms with Gasteiger partial charge >= 0.3 is 5.97 Å². The van der Waals surface area contributed by atoms with Crippen LogP contribution in [0.5, 0.6) is 11.5 Å². The van der Waals surface area contributed by atoms with Crippen LogP contribution in [0.4, 0.5) is 5.69 Å². The topological polar surface area (TPSA) is 100 Å². The van der Waals surface area contributed by atoms with Crippen molar-refractivity contribution in [3.05, 3.63) is 101 Å². The van der Waals surface area contributed by atoms with E-state index in [0.29, 0.717) is 35.3 Å². The summed E-state index contributed by atoms with van der Waals surface area (Å²) < 4.78 is 18.0. The maximum atomic E-state index is 12.5. The molecule has 0 aromatic heterocycles. The molecular formula is C25H17Cl2IN2O6. The number of hydrogen-bond donors (Lipinski definition) is 0. The third kappa shape index (κ3) is 5.97. The Morgan fingerprint density at radius 3 is 2.61 bits per heavy atom. The fourth-order valence-corrected chi connectivity index (χ4v) is 4.47. The molecule has 0 spiro atoms. The molecule has 0 aliphatic carbocycles. The number of nitro benzene ring substituents is 1. The SMILES string of the molecule is CCOc1cc(/C=C2\N=C(c3ccc([N+](=O)[O-])cc3Cl)OC2=O)cc(Cl)c1OCc1cccc(I)c1. The lowest BCUT2D eigenvalue weighted by Gasteiger charge is -2.15. The predicted octanol–water partition coefficient (Wildman–Crippen LogP) is 6.83. The summed E-state index contributed by atoms with van der Waals surface area (Å²) in [5.74, 6) is 0.0408. The van der Waals surface area contributed by atoms with Gasteiger partial charge in [-0.3, -0.25) is 10.1 Å². The molecule has 36 heavy (non-hydrogen) atoms. The van der Waals surface area contributed by atoms with E-state index >= 15 is 0 Å². The summed E-state index contributed by atoms with van der Waals surface area (Å²) >= 11 is 14.9. The van der Waals surface area contributed by atoms with Crippen LogP contribution >= 0.6 is 45.8 Å². The van der Waals surface area contributed by atoms with Gasteiger partial charge < -0.3 is 14.2 Å². The number of rotatable bonds is 8. The standard InChI is InChI=1S/C25H17Cl2IN2O6/c1-2-34-22-11-15(9-20(27)23(22)35-13-14-4-3-5-16(28)8-14)10-21-25(31)36-24(29-21)18-7-6-17(30(32)33)12-19(18)26/h3-12H,2,13H2,1H3/b21-10-. The van der Waals surface area contributed by atoms with Crippen LogP contribution in [-0.2, 0) is 16.1 Å². The maximum Gasteiger partial charge on any atom is 0.363 e. The van der Waals surface area contributed by atoms with Crippen LogP contribution in [0.2, 0.25) is 10.0 Å². The van der Waals surface area contributed by atoms with E-state index in [1.807, 2.05) is 31.2 Å². The van der Waals surface area contributed by atoms with E-state index in [1.54, 1.807) is 12.1 Å². The summed E-state index contributed by atoms with van der Waals surface area (Å²) in [6.45, 7) is 2.51. The van der Waals surface area contributed by atoms with E-state index < -0.39 is 10.9 Å². The van der Waals surface area contributed by atoms with Gasteiger partial charge in [0.2, 0.25) is 5.90 Å². The molecular weight excluding hydrogens is 622 g/mol. The Hall–Kier alpha value is -3.15. The number of benzene rings is 3. The highest BCUT2D eigenvalue weighted by Crippen LogP contribution is 2.38. The number of aliphatic imine (C=N–C) groups is 1. The van der Waals surface area contributed by atoms with Gasteiger partial charge in [0, 0.05) is 15.7 Å². The first-order valence-corrected chi connectivity index (χ1v) is 12.4. The Morgan fingerprint density at radius 2 is 1.92 bits per heavy atom. The molecule has 0 saturated heterocycles. The molecule has 0 saturated carbocycles. The van der Waals surface area contributed by atoms with Crippen LogP contribution in [0, 0.1) is 13.7 Å². The number of ether oxygens (including phenoxy) is 3. The smallest absolute Gasteiger partial charge is 0.363 e. The molecule has 3 aromatic rings.